The van der Waals surface area contributed by atoms with Crippen LogP contribution in [0, 0.1) is 9.39 Å². The normalized spacial score (nSPS) is 9.56. The van der Waals surface area contributed by atoms with Crippen LogP contribution in [0.25, 0.3) is 10.9 Å². The maximum Gasteiger partial charge on any atom is 0.258 e. The van der Waals surface area contributed by atoms with Gasteiger partial charge in [0.05, 0.1) is 17.2 Å². The molecule has 1 aromatic carbocycles. The molecule has 0 aliphatic rings. The predicted octanol–water partition coefficient (Wildman–Crippen LogP) is 1.37. The van der Waals surface area contributed by atoms with Gasteiger partial charge < -0.3 is 9.88 Å². The number of H-pyrrole nitrogens is 1. The molecule has 0 unspecified atom stereocenters. The molecular weight excluding hydrogens is 352 g/mol. The fraction of sp³-hybridized carbons (Fsp3) is 0.182. The van der Waals surface area contributed by atoms with E-state index in [2.05, 4.69) is 9.97 Å². The molecule has 0 fully saturated rings. The molecule has 2 rings (SSSR count). The fourth-order valence-corrected chi connectivity index (χ4v) is 1.53. The second kappa shape index (κ2) is 6.43. The number of fused-ring (bicyclic) bond motifs is 1. The number of aromatic amines is 1. The van der Waals surface area contributed by atoms with Gasteiger partial charge in [0.2, 0.25) is 6.41 Å². The van der Waals surface area contributed by atoms with Crippen LogP contribution in [0.3, 0.4) is 0 Å². The van der Waals surface area contributed by atoms with Crippen molar-refractivity contribution in [2.24, 2.45) is 0 Å². The van der Waals surface area contributed by atoms with Crippen LogP contribution in [0.1, 0.15) is 0 Å². The number of hydrogen-bond donors (Lipinski definition) is 1. The van der Waals surface area contributed by atoms with Gasteiger partial charge in [-0.15, -0.1) is 0 Å². The summed E-state index contributed by atoms with van der Waals surface area (Å²) in [5, 5.41) is 0.410. The zero-order valence-electron chi connectivity index (χ0n) is 9.78. The second-order valence-electron chi connectivity index (χ2n) is 3.58. The molecule has 1 N–H and O–H groups in total. The highest BCUT2D eigenvalue weighted by atomic mass is 127. The minimum absolute atomic E-state index is 0.247. The first-order valence-electron chi connectivity index (χ1n) is 4.90. The largest absolute Gasteiger partial charge is 0.351 e. The van der Waals surface area contributed by atoms with E-state index in [1.807, 2.05) is 22.6 Å². The number of hydrogen-bond acceptors (Lipinski definition) is 3. The van der Waals surface area contributed by atoms with Crippen LogP contribution >= 0.6 is 22.6 Å². The van der Waals surface area contributed by atoms with Crippen LogP contribution in [0.4, 0.5) is 4.39 Å². The molecule has 0 aliphatic carbocycles. The van der Waals surface area contributed by atoms with E-state index in [4.69, 9.17) is 0 Å². The molecule has 18 heavy (non-hydrogen) atoms. The molecule has 0 radical (unpaired) electrons. The molecular formula is C11H11FIN3O2. The Hall–Kier alpha value is -1.51. The van der Waals surface area contributed by atoms with E-state index in [1.54, 1.807) is 14.1 Å². The van der Waals surface area contributed by atoms with E-state index in [9.17, 15) is 14.0 Å². The van der Waals surface area contributed by atoms with E-state index in [1.165, 1.54) is 23.4 Å². The highest BCUT2D eigenvalue weighted by molar-refractivity contribution is 14.1. The lowest BCUT2D eigenvalue weighted by Crippen LogP contribution is -2.06. The first-order valence-corrected chi connectivity index (χ1v) is 5.97. The summed E-state index contributed by atoms with van der Waals surface area (Å²) in [5.74, 6) is -0.355. The lowest BCUT2D eigenvalue weighted by Gasteiger charge is -1.97. The number of nitrogens with zero attached hydrogens (tertiary/aromatic N) is 2. The van der Waals surface area contributed by atoms with Gasteiger partial charge in [0, 0.05) is 23.7 Å². The van der Waals surface area contributed by atoms with Crippen molar-refractivity contribution in [1.82, 2.24) is 14.9 Å². The maximum atomic E-state index is 13.0. The molecule has 1 heterocycles. The van der Waals surface area contributed by atoms with Crippen molar-refractivity contribution in [2.45, 2.75) is 0 Å². The summed E-state index contributed by atoms with van der Waals surface area (Å²) in [5.41, 5.74) is 0.129. The summed E-state index contributed by atoms with van der Waals surface area (Å²) in [6.45, 7) is 0. The maximum absolute atomic E-state index is 13.0. The number of carbonyl (C=O) groups is 1. The van der Waals surface area contributed by atoms with Gasteiger partial charge in [0.1, 0.15) is 5.82 Å². The van der Waals surface area contributed by atoms with E-state index in [0.717, 1.165) is 6.41 Å². The lowest BCUT2D eigenvalue weighted by molar-refractivity contribution is -0.115. The molecule has 1 amide bonds. The summed E-state index contributed by atoms with van der Waals surface area (Å²) in [7, 11) is 3.38. The third-order valence-electron chi connectivity index (χ3n) is 1.89. The van der Waals surface area contributed by atoms with Crippen molar-refractivity contribution in [3.63, 3.8) is 0 Å². The Labute approximate surface area is 116 Å². The summed E-state index contributed by atoms with van der Waals surface area (Å²) < 4.78 is 13.4. The standard InChI is InChI=1S/C8H4FIN2O.C3H7NO/c9-5-2-7-4(1-6(5)10)8(13)12-3-11-7;1-4(2)3-5/h1-3H,(H,11,12,13);3H,1-2H3. The van der Waals surface area contributed by atoms with Crippen LogP contribution in [-0.4, -0.2) is 35.4 Å². The Kier molecular flexibility index (Phi) is 5.20. The Morgan fingerprint density at radius 2 is 2.06 bits per heavy atom. The first-order chi connectivity index (χ1) is 8.45. The van der Waals surface area contributed by atoms with Gasteiger partial charge >= 0.3 is 0 Å². The van der Waals surface area contributed by atoms with Gasteiger partial charge in [-0.2, -0.15) is 0 Å². The molecule has 0 aliphatic heterocycles. The highest BCUT2D eigenvalue weighted by Gasteiger charge is 2.04. The third kappa shape index (κ3) is 3.76. The SMILES string of the molecule is CN(C)C=O.O=c1[nH]cnc2cc(F)c(I)cc12. The molecule has 0 spiro atoms. The average molecular weight is 363 g/mol. The number of carbonyl (C=O) groups excluding carboxylic acids is 1. The van der Waals surface area contributed by atoms with E-state index in [-0.39, 0.29) is 11.4 Å². The number of rotatable bonds is 1. The average Bonchev–Trinajstić information content (AvgIpc) is 2.33. The van der Waals surface area contributed by atoms with E-state index in [0.29, 0.717) is 14.5 Å². The fourth-order valence-electron chi connectivity index (χ4n) is 1.06. The molecule has 7 heteroatoms. The number of benzene rings is 1. The van der Waals surface area contributed by atoms with Gasteiger partial charge in [0.15, 0.2) is 0 Å². The predicted molar refractivity (Wildman–Crippen MR) is 74.8 cm³/mol. The minimum Gasteiger partial charge on any atom is -0.351 e. The van der Waals surface area contributed by atoms with Crippen molar-refractivity contribution in [2.75, 3.05) is 14.1 Å². The number of aromatic nitrogens is 2. The summed E-state index contributed by atoms with van der Waals surface area (Å²) in [4.78, 5) is 28.4. The van der Waals surface area contributed by atoms with E-state index >= 15 is 0 Å². The van der Waals surface area contributed by atoms with Crippen molar-refractivity contribution >= 4 is 39.9 Å². The Bertz CT molecular complexity index is 613. The summed E-state index contributed by atoms with van der Waals surface area (Å²) in [6.07, 6.45) is 2.01. The molecule has 0 bridgehead atoms. The van der Waals surface area contributed by atoms with Gasteiger partial charge in [-0.05, 0) is 28.7 Å². The van der Waals surface area contributed by atoms with Crippen LogP contribution < -0.4 is 5.56 Å². The van der Waals surface area contributed by atoms with Gasteiger partial charge in [-0.3, -0.25) is 9.59 Å². The molecule has 2 aromatic rings. The van der Waals surface area contributed by atoms with Crippen LogP contribution in [0.15, 0.2) is 23.3 Å². The second-order valence-corrected chi connectivity index (χ2v) is 4.75. The molecule has 0 atom stereocenters. The Morgan fingerprint density at radius 1 is 1.44 bits per heavy atom. The number of amides is 1. The van der Waals surface area contributed by atoms with Crippen LogP contribution in [-0.2, 0) is 4.79 Å². The quantitative estimate of drug-likeness (QED) is 0.615. The highest BCUT2D eigenvalue weighted by Crippen LogP contribution is 2.15. The lowest BCUT2D eigenvalue weighted by atomic mass is 10.2. The van der Waals surface area contributed by atoms with E-state index < -0.39 is 0 Å². The smallest absolute Gasteiger partial charge is 0.258 e. The zero-order chi connectivity index (χ0) is 13.7. The molecule has 5 nitrogen and oxygen atoms in total. The molecule has 0 saturated heterocycles. The third-order valence-corrected chi connectivity index (χ3v) is 2.72. The van der Waals surface area contributed by atoms with Crippen molar-refractivity contribution in [1.29, 1.82) is 0 Å². The summed E-state index contributed by atoms with van der Waals surface area (Å²) in [6, 6.07) is 2.74. The van der Waals surface area contributed by atoms with Crippen LogP contribution in [0.2, 0.25) is 0 Å². The van der Waals surface area contributed by atoms with Crippen molar-refractivity contribution in [3.05, 3.63) is 38.2 Å². The van der Waals surface area contributed by atoms with Crippen LogP contribution in [0.5, 0.6) is 0 Å². The number of nitrogens with one attached hydrogen (secondary N) is 1. The van der Waals surface area contributed by atoms with Gasteiger partial charge in [0.25, 0.3) is 5.56 Å². The molecule has 0 saturated carbocycles. The monoisotopic (exact) mass is 363 g/mol. The van der Waals surface area contributed by atoms with Crippen molar-refractivity contribution < 1.29 is 9.18 Å². The van der Waals surface area contributed by atoms with Gasteiger partial charge in [-0.1, -0.05) is 0 Å². The topological polar surface area (TPSA) is 66.1 Å². The Morgan fingerprint density at radius 3 is 2.61 bits per heavy atom. The number of halogens is 2. The molecule has 96 valence electrons. The van der Waals surface area contributed by atoms with Crippen molar-refractivity contribution in [3.8, 4) is 0 Å². The summed E-state index contributed by atoms with van der Waals surface area (Å²) >= 11 is 1.83. The Balaban J connectivity index is 0.000000280. The first kappa shape index (κ1) is 14.6. The minimum atomic E-state index is -0.355. The zero-order valence-corrected chi connectivity index (χ0v) is 11.9. The molecule has 1 aromatic heterocycles. The van der Waals surface area contributed by atoms with Gasteiger partial charge in [-0.25, -0.2) is 9.37 Å².